The molecule has 144 valence electrons. The Balaban J connectivity index is 1.39. The van der Waals surface area contributed by atoms with E-state index in [1.165, 1.54) is 16.7 Å². The minimum absolute atomic E-state index is 0.164. The average Bonchev–Trinajstić information content (AvgIpc) is 2.69. The molecule has 0 aromatic heterocycles. The minimum atomic E-state index is 0.164. The Bertz CT molecular complexity index is 720. The van der Waals surface area contributed by atoms with Crippen molar-refractivity contribution in [3.63, 3.8) is 0 Å². The molecule has 1 atom stereocenters. The second-order valence-corrected chi connectivity index (χ2v) is 7.91. The normalized spacial score (nSPS) is 16.8. The van der Waals surface area contributed by atoms with Gasteiger partial charge in [0.15, 0.2) is 0 Å². The van der Waals surface area contributed by atoms with E-state index in [0.29, 0.717) is 0 Å². The largest absolute Gasteiger partial charge is 0.353 e. The number of hydrogen-bond donors (Lipinski definition) is 1. The van der Waals surface area contributed by atoms with Gasteiger partial charge in [0.1, 0.15) is 0 Å². The Morgan fingerprint density at radius 1 is 1.07 bits per heavy atom. The third kappa shape index (κ3) is 5.93. The maximum Gasteiger partial charge on any atom is 0.223 e. The minimum Gasteiger partial charge on any atom is -0.353 e. The monoisotopic (exact) mass is 364 g/mol. The Morgan fingerprint density at radius 2 is 1.74 bits per heavy atom. The Morgan fingerprint density at radius 3 is 2.44 bits per heavy atom. The molecule has 1 fully saturated rings. The summed E-state index contributed by atoms with van der Waals surface area (Å²) in [6, 6.07) is 19.3. The fraction of sp³-hybridized carbons (Fsp3) is 0.458. The van der Waals surface area contributed by atoms with Gasteiger partial charge in [0.2, 0.25) is 5.91 Å². The van der Waals surface area contributed by atoms with E-state index in [4.69, 9.17) is 0 Å². The van der Waals surface area contributed by atoms with Gasteiger partial charge >= 0.3 is 0 Å². The predicted molar refractivity (Wildman–Crippen MR) is 112 cm³/mol. The van der Waals surface area contributed by atoms with Crippen LogP contribution in [0, 0.1) is 12.8 Å². The summed E-state index contributed by atoms with van der Waals surface area (Å²) in [6.45, 7) is 7.30. The first-order valence-corrected chi connectivity index (χ1v) is 10.2. The third-order valence-electron chi connectivity index (χ3n) is 5.71. The van der Waals surface area contributed by atoms with Crippen molar-refractivity contribution in [1.29, 1.82) is 0 Å². The van der Waals surface area contributed by atoms with Gasteiger partial charge in [-0.25, -0.2) is 0 Å². The number of nitrogens with one attached hydrogen (secondary N) is 1. The molecular formula is C24H32N2O. The summed E-state index contributed by atoms with van der Waals surface area (Å²) in [7, 11) is 0. The van der Waals surface area contributed by atoms with Crippen LogP contribution in [-0.4, -0.2) is 29.9 Å². The number of likely N-dealkylation sites (tertiary alicyclic amines) is 1. The van der Waals surface area contributed by atoms with Crippen molar-refractivity contribution in [2.75, 3.05) is 13.1 Å². The molecule has 2 aromatic rings. The maximum atomic E-state index is 12.6. The molecular weight excluding hydrogens is 332 g/mol. The molecule has 1 aliphatic heterocycles. The highest BCUT2D eigenvalue weighted by molar-refractivity contribution is 5.79. The van der Waals surface area contributed by atoms with Gasteiger partial charge in [0.05, 0.1) is 0 Å². The van der Waals surface area contributed by atoms with Crippen molar-refractivity contribution in [3.05, 3.63) is 71.3 Å². The van der Waals surface area contributed by atoms with Crippen LogP contribution in [0.1, 0.15) is 42.9 Å². The van der Waals surface area contributed by atoms with Crippen molar-refractivity contribution in [2.24, 2.45) is 5.92 Å². The van der Waals surface area contributed by atoms with Gasteiger partial charge in [-0.05, 0) is 69.3 Å². The number of carbonyl (C=O) groups excluding carboxylic acids is 1. The molecule has 0 aliphatic carbocycles. The quantitative estimate of drug-likeness (QED) is 0.792. The molecule has 27 heavy (non-hydrogen) atoms. The molecule has 0 spiro atoms. The molecule has 1 aliphatic rings. The molecule has 3 heteroatoms. The van der Waals surface area contributed by atoms with E-state index in [2.05, 4.69) is 72.6 Å². The number of carbonyl (C=O) groups is 1. The second kappa shape index (κ2) is 9.70. The molecule has 1 saturated heterocycles. The first-order chi connectivity index (χ1) is 13.1. The van der Waals surface area contributed by atoms with Crippen molar-refractivity contribution < 1.29 is 4.79 Å². The number of benzene rings is 2. The fourth-order valence-corrected chi connectivity index (χ4v) is 3.84. The summed E-state index contributed by atoms with van der Waals surface area (Å²) in [5.41, 5.74) is 4.09. The van der Waals surface area contributed by atoms with Crippen molar-refractivity contribution in [1.82, 2.24) is 10.2 Å². The molecule has 0 radical (unpaired) electrons. The molecule has 0 bridgehead atoms. The summed E-state index contributed by atoms with van der Waals surface area (Å²) < 4.78 is 0. The molecule has 1 amide bonds. The zero-order chi connectivity index (χ0) is 19.1. The molecule has 0 saturated carbocycles. The van der Waals surface area contributed by atoms with E-state index in [-0.39, 0.29) is 17.9 Å². The van der Waals surface area contributed by atoms with E-state index < -0.39 is 0 Å². The Hall–Kier alpha value is -2.13. The van der Waals surface area contributed by atoms with Crippen LogP contribution in [0.5, 0.6) is 0 Å². The maximum absolute atomic E-state index is 12.6. The standard InChI is InChI=1S/C24H32N2O/c1-19-8-6-7-11-23(19)18-26-16-14-22(15-17-26)24(27)25-20(2)12-13-21-9-4-3-5-10-21/h3-11,20,22H,12-18H2,1-2H3,(H,25,27)/t20-/m1/s1. The van der Waals surface area contributed by atoms with Crippen molar-refractivity contribution >= 4 is 5.91 Å². The average molecular weight is 365 g/mol. The van der Waals surface area contributed by atoms with Crippen LogP contribution in [0.15, 0.2) is 54.6 Å². The van der Waals surface area contributed by atoms with Gasteiger partial charge < -0.3 is 5.32 Å². The summed E-state index contributed by atoms with van der Waals surface area (Å²) in [5.74, 6) is 0.406. The number of amides is 1. The molecule has 2 aromatic carbocycles. The molecule has 3 rings (SSSR count). The van der Waals surface area contributed by atoms with Crippen LogP contribution in [-0.2, 0) is 17.8 Å². The van der Waals surface area contributed by atoms with Crippen LogP contribution >= 0.6 is 0 Å². The second-order valence-electron chi connectivity index (χ2n) is 7.91. The van der Waals surface area contributed by atoms with Gasteiger partial charge in [-0.2, -0.15) is 0 Å². The van der Waals surface area contributed by atoms with Crippen molar-refractivity contribution in [3.8, 4) is 0 Å². The number of nitrogens with zero attached hydrogens (tertiary/aromatic N) is 1. The number of piperidine rings is 1. The van der Waals surface area contributed by atoms with Crippen molar-refractivity contribution in [2.45, 2.75) is 52.1 Å². The zero-order valence-electron chi connectivity index (χ0n) is 16.7. The van der Waals surface area contributed by atoms with Crippen LogP contribution in [0.4, 0.5) is 0 Å². The van der Waals surface area contributed by atoms with Crippen LogP contribution in [0.3, 0.4) is 0 Å². The van der Waals surface area contributed by atoms with Crippen LogP contribution in [0.2, 0.25) is 0 Å². The summed E-state index contributed by atoms with van der Waals surface area (Å²) in [5, 5.41) is 3.24. The zero-order valence-corrected chi connectivity index (χ0v) is 16.7. The summed E-state index contributed by atoms with van der Waals surface area (Å²) in [6.07, 6.45) is 3.92. The molecule has 0 unspecified atom stereocenters. The lowest BCUT2D eigenvalue weighted by Crippen LogP contribution is -2.43. The van der Waals surface area contributed by atoms with Gasteiger partial charge in [0.25, 0.3) is 0 Å². The number of aryl methyl sites for hydroxylation is 2. The predicted octanol–water partition coefficient (Wildman–Crippen LogP) is 4.34. The molecule has 1 N–H and O–H groups in total. The number of rotatable bonds is 7. The van der Waals surface area contributed by atoms with E-state index in [1.807, 2.05) is 6.07 Å². The fourth-order valence-electron chi connectivity index (χ4n) is 3.84. The SMILES string of the molecule is Cc1ccccc1CN1CCC(C(=O)N[C@H](C)CCc2ccccc2)CC1. The lowest BCUT2D eigenvalue weighted by Gasteiger charge is -2.32. The van der Waals surface area contributed by atoms with Gasteiger partial charge in [-0.1, -0.05) is 54.6 Å². The topological polar surface area (TPSA) is 32.3 Å². The Labute approximate surface area is 163 Å². The van der Waals surface area contributed by atoms with E-state index in [9.17, 15) is 4.79 Å². The third-order valence-corrected chi connectivity index (χ3v) is 5.71. The number of hydrogen-bond acceptors (Lipinski definition) is 2. The highest BCUT2D eigenvalue weighted by Gasteiger charge is 2.25. The molecule has 1 heterocycles. The van der Waals surface area contributed by atoms with E-state index in [0.717, 1.165) is 45.3 Å². The highest BCUT2D eigenvalue weighted by atomic mass is 16.1. The lowest BCUT2D eigenvalue weighted by atomic mass is 9.94. The van der Waals surface area contributed by atoms with E-state index >= 15 is 0 Å². The Kier molecular flexibility index (Phi) is 7.05. The van der Waals surface area contributed by atoms with Gasteiger partial charge in [-0.15, -0.1) is 0 Å². The van der Waals surface area contributed by atoms with Crippen LogP contribution in [0.25, 0.3) is 0 Å². The first-order valence-electron chi connectivity index (χ1n) is 10.2. The molecule has 3 nitrogen and oxygen atoms in total. The van der Waals surface area contributed by atoms with Gasteiger partial charge in [-0.3, -0.25) is 9.69 Å². The van der Waals surface area contributed by atoms with E-state index in [1.54, 1.807) is 0 Å². The summed E-state index contributed by atoms with van der Waals surface area (Å²) in [4.78, 5) is 15.1. The van der Waals surface area contributed by atoms with Gasteiger partial charge in [0, 0.05) is 18.5 Å². The lowest BCUT2D eigenvalue weighted by molar-refractivity contribution is -0.127. The summed E-state index contributed by atoms with van der Waals surface area (Å²) >= 11 is 0. The first kappa shape index (κ1) is 19.6. The van der Waals surface area contributed by atoms with Crippen LogP contribution < -0.4 is 5.32 Å². The highest BCUT2D eigenvalue weighted by Crippen LogP contribution is 2.20. The smallest absolute Gasteiger partial charge is 0.223 e.